The molecule has 1 atom stereocenters. The first-order valence-corrected chi connectivity index (χ1v) is 11.1. The smallest absolute Gasteiger partial charge is 0.254 e. The van der Waals surface area contributed by atoms with E-state index in [-0.39, 0.29) is 5.91 Å². The summed E-state index contributed by atoms with van der Waals surface area (Å²) >= 11 is 0. The van der Waals surface area contributed by atoms with E-state index >= 15 is 0 Å². The lowest BCUT2D eigenvalue weighted by molar-refractivity contribution is 0.0452. The van der Waals surface area contributed by atoms with Crippen LogP contribution in [0.3, 0.4) is 0 Å². The summed E-state index contributed by atoms with van der Waals surface area (Å²) in [5.41, 5.74) is 3.07. The Morgan fingerprint density at radius 2 is 1.83 bits per heavy atom. The second-order valence-corrected chi connectivity index (χ2v) is 8.69. The highest BCUT2D eigenvalue weighted by atomic mass is 16.5. The summed E-state index contributed by atoms with van der Waals surface area (Å²) in [5.74, 6) is 0.850. The van der Waals surface area contributed by atoms with Crippen LogP contribution in [0.5, 0.6) is 5.75 Å². The molecule has 0 saturated carbocycles. The van der Waals surface area contributed by atoms with Crippen LogP contribution in [-0.2, 0) is 6.61 Å². The number of rotatable bonds is 5. The Morgan fingerprint density at radius 1 is 1.03 bits per heavy atom. The lowest BCUT2D eigenvalue weighted by atomic mass is 10.0. The molecule has 2 aliphatic heterocycles. The number of aryl methyl sites for hydroxylation is 1. The average Bonchev–Trinajstić information content (AvgIpc) is 2.78. The van der Waals surface area contributed by atoms with E-state index in [1.54, 1.807) is 0 Å². The van der Waals surface area contributed by atoms with Crippen LogP contribution < -0.4 is 4.74 Å². The first-order chi connectivity index (χ1) is 14.6. The number of carbonyl (C=O) groups excluding carboxylic acids is 1. The molecule has 2 aromatic carbocycles. The normalized spacial score (nSPS) is 20.9. The van der Waals surface area contributed by atoms with Crippen molar-refractivity contribution in [3.63, 3.8) is 0 Å². The van der Waals surface area contributed by atoms with Gasteiger partial charge in [0.1, 0.15) is 12.4 Å². The van der Waals surface area contributed by atoms with Crippen molar-refractivity contribution in [1.29, 1.82) is 0 Å². The number of ether oxygens (including phenoxy) is 1. The van der Waals surface area contributed by atoms with Gasteiger partial charge in [-0.1, -0.05) is 35.9 Å². The zero-order valence-electron chi connectivity index (χ0n) is 18.2. The molecule has 2 saturated heterocycles. The maximum atomic E-state index is 13.0. The van der Waals surface area contributed by atoms with Crippen molar-refractivity contribution in [2.24, 2.45) is 0 Å². The van der Waals surface area contributed by atoms with E-state index < -0.39 is 0 Å². The minimum atomic E-state index is 0.108. The van der Waals surface area contributed by atoms with Crippen LogP contribution in [0.1, 0.15) is 34.3 Å². The van der Waals surface area contributed by atoms with E-state index in [1.807, 2.05) is 35.2 Å². The maximum absolute atomic E-state index is 13.0. The number of hydrogen-bond donors (Lipinski definition) is 0. The molecule has 0 N–H and O–H groups in total. The van der Waals surface area contributed by atoms with Crippen LogP contribution in [0.4, 0.5) is 0 Å². The minimum Gasteiger partial charge on any atom is -0.489 e. The van der Waals surface area contributed by atoms with Gasteiger partial charge in [-0.15, -0.1) is 0 Å². The maximum Gasteiger partial charge on any atom is 0.254 e. The SMILES string of the molecule is Cc1cccc(COc2cccc(C(=O)N3CCN(C4CCCN(C)C4)CC3)c2)c1. The monoisotopic (exact) mass is 407 g/mol. The fourth-order valence-electron chi connectivity index (χ4n) is 4.60. The number of amides is 1. The molecule has 4 rings (SSSR count). The van der Waals surface area contributed by atoms with E-state index in [2.05, 4.69) is 42.0 Å². The fraction of sp³-hybridized carbons (Fsp3) is 0.480. The van der Waals surface area contributed by atoms with Crippen LogP contribution in [0.2, 0.25) is 0 Å². The van der Waals surface area contributed by atoms with Crippen molar-refractivity contribution < 1.29 is 9.53 Å². The zero-order valence-corrected chi connectivity index (χ0v) is 18.2. The van der Waals surface area contributed by atoms with Crippen molar-refractivity contribution in [3.8, 4) is 5.75 Å². The van der Waals surface area contributed by atoms with Gasteiger partial charge in [-0.3, -0.25) is 9.69 Å². The molecule has 30 heavy (non-hydrogen) atoms. The third-order valence-electron chi connectivity index (χ3n) is 6.29. The van der Waals surface area contributed by atoms with E-state index in [9.17, 15) is 4.79 Å². The molecule has 0 radical (unpaired) electrons. The summed E-state index contributed by atoms with van der Waals surface area (Å²) < 4.78 is 5.95. The van der Waals surface area contributed by atoms with Crippen LogP contribution in [0, 0.1) is 6.92 Å². The number of piperazine rings is 1. The van der Waals surface area contributed by atoms with E-state index in [0.29, 0.717) is 18.2 Å². The Bertz CT molecular complexity index is 861. The predicted molar refractivity (Wildman–Crippen MR) is 120 cm³/mol. The Labute approximate surface area is 180 Å². The van der Waals surface area contributed by atoms with Gasteiger partial charge in [-0.2, -0.15) is 0 Å². The van der Waals surface area contributed by atoms with E-state index in [0.717, 1.165) is 44.0 Å². The largest absolute Gasteiger partial charge is 0.489 e. The summed E-state index contributed by atoms with van der Waals surface area (Å²) in [5, 5.41) is 0. The summed E-state index contributed by atoms with van der Waals surface area (Å²) in [6, 6.07) is 16.5. The molecular formula is C25H33N3O2. The van der Waals surface area contributed by atoms with Crippen molar-refractivity contribution >= 4 is 5.91 Å². The standard InChI is InChI=1S/C25H33N3O2/c1-20-6-3-7-21(16-20)19-30-24-10-4-8-22(17-24)25(29)28-14-12-27(13-15-28)23-9-5-11-26(2)18-23/h3-4,6-8,10,16-17,23H,5,9,11-15,18-19H2,1-2H3. The summed E-state index contributed by atoms with van der Waals surface area (Å²) in [7, 11) is 2.21. The molecule has 2 aromatic rings. The zero-order chi connectivity index (χ0) is 20.9. The molecule has 160 valence electrons. The van der Waals surface area contributed by atoms with Crippen molar-refractivity contribution in [2.45, 2.75) is 32.4 Å². The van der Waals surface area contributed by atoms with E-state index in [1.165, 1.54) is 24.9 Å². The van der Waals surface area contributed by atoms with Gasteiger partial charge in [0, 0.05) is 44.3 Å². The number of likely N-dealkylation sites (tertiary alicyclic amines) is 1. The number of benzene rings is 2. The van der Waals surface area contributed by atoms with Crippen LogP contribution in [-0.4, -0.2) is 73.0 Å². The molecule has 2 heterocycles. The molecule has 0 spiro atoms. The molecule has 5 nitrogen and oxygen atoms in total. The third-order valence-corrected chi connectivity index (χ3v) is 6.29. The molecule has 1 amide bonds. The Kier molecular flexibility index (Phi) is 6.70. The van der Waals surface area contributed by atoms with Crippen LogP contribution >= 0.6 is 0 Å². The van der Waals surface area contributed by atoms with Crippen molar-refractivity contribution in [2.75, 3.05) is 46.3 Å². The molecule has 0 bridgehead atoms. The van der Waals surface area contributed by atoms with E-state index in [4.69, 9.17) is 4.74 Å². The molecular weight excluding hydrogens is 374 g/mol. The van der Waals surface area contributed by atoms with Gasteiger partial charge in [0.2, 0.25) is 0 Å². The van der Waals surface area contributed by atoms with Gasteiger partial charge in [0.25, 0.3) is 5.91 Å². The van der Waals surface area contributed by atoms with Gasteiger partial charge in [0.05, 0.1) is 0 Å². The molecule has 5 heteroatoms. The number of hydrogen-bond acceptors (Lipinski definition) is 4. The molecule has 2 aliphatic rings. The number of piperidine rings is 1. The predicted octanol–water partition coefficient (Wildman–Crippen LogP) is 3.43. The Hall–Kier alpha value is -2.37. The average molecular weight is 408 g/mol. The topological polar surface area (TPSA) is 36.0 Å². The lowest BCUT2D eigenvalue weighted by Gasteiger charge is -2.42. The van der Waals surface area contributed by atoms with Gasteiger partial charge >= 0.3 is 0 Å². The summed E-state index contributed by atoms with van der Waals surface area (Å²) in [4.78, 5) is 20.0. The Morgan fingerprint density at radius 3 is 2.60 bits per heavy atom. The Balaban J connectivity index is 1.32. The minimum absolute atomic E-state index is 0.108. The quantitative estimate of drug-likeness (QED) is 0.761. The highest BCUT2D eigenvalue weighted by Gasteiger charge is 2.28. The van der Waals surface area contributed by atoms with Gasteiger partial charge < -0.3 is 14.5 Å². The second kappa shape index (κ2) is 9.63. The fourth-order valence-corrected chi connectivity index (χ4v) is 4.60. The number of carbonyl (C=O) groups is 1. The highest BCUT2D eigenvalue weighted by Crippen LogP contribution is 2.20. The molecule has 1 unspecified atom stereocenters. The van der Waals surface area contributed by atoms with Gasteiger partial charge in [-0.25, -0.2) is 0 Å². The highest BCUT2D eigenvalue weighted by molar-refractivity contribution is 5.94. The first-order valence-electron chi connectivity index (χ1n) is 11.1. The third kappa shape index (κ3) is 5.21. The van der Waals surface area contributed by atoms with Crippen LogP contribution in [0.15, 0.2) is 48.5 Å². The molecule has 0 aromatic heterocycles. The summed E-state index contributed by atoms with van der Waals surface area (Å²) in [6.45, 7) is 8.47. The van der Waals surface area contributed by atoms with Crippen molar-refractivity contribution in [1.82, 2.24) is 14.7 Å². The molecule has 0 aliphatic carbocycles. The second-order valence-electron chi connectivity index (χ2n) is 8.69. The lowest BCUT2D eigenvalue weighted by Crippen LogP contribution is -2.55. The first kappa shape index (κ1) is 20.9. The molecule has 2 fully saturated rings. The summed E-state index contributed by atoms with van der Waals surface area (Å²) in [6.07, 6.45) is 2.55. The van der Waals surface area contributed by atoms with Gasteiger partial charge in [0.15, 0.2) is 0 Å². The number of likely N-dealkylation sites (N-methyl/N-ethyl adjacent to an activating group) is 1. The van der Waals surface area contributed by atoms with Crippen molar-refractivity contribution in [3.05, 3.63) is 65.2 Å². The van der Waals surface area contributed by atoms with Gasteiger partial charge in [-0.05, 0) is 57.1 Å². The van der Waals surface area contributed by atoms with Crippen LogP contribution in [0.25, 0.3) is 0 Å². The number of nitrogens with zero attached hydrogens (tertiary/aromatic N) is 3.